The lowest BCUT2D eigenvalue weighted by Gasteiger charge is -2.19. The van der Waals surface area contributed by atoms with Crippen LogP contribution in [-0.4, -0.2) is 55.5 Å². The van der Waals surface area contributed by atoms with Gasteiger partial charge in [0.25, 0.3) is 0 Å². The van der Waals surface area contributed by atoms with Crippen LogP contribution in [0.2, 0.25) is 0 Å². The minimum atomic E-state index is -0.728. The Morgan fingerprint density at radius 3 is 1.94 bits per heavy atom. The van der Waals surface area contributed by atoms with Gasteiger partial charge in [0.1, 0.15) is 6.61 Å². The molecule has 0 atom stereocenters. The Bertz CT molecular complexity index is 253. The molecular weight excluding hydrogens is 216 g/mol. The van der Waals surface area contributed by atoms with Crippen molar-refractivity contribution in [2.45, 2.75) is 0 Å². The van der Waals surface area contributed by atoms with Crippen LogP contribution < -0.4 is 17.2 Å². The standard InChI is InChI=1S/C8H16N4O4/c9-1-2-16-5-8(15)12(3-6(10)13)4-7(11)14/h1-5,9H2,(H2,10,13)(H2,11,14). The van der Waals surface area contributed by atoms with Crippen LogP contribution in [0.4, 0.5) is 0 Å². The van der Waals surface area contributed by atoms with Crippen LogP contribution in [0.5, 0.6) is 0 Å². The predicted molar refractivity (Wildman–Crippen MR) is 54.8 cm³/mol. The third-order valence-corrected chi connectivity index (χ3v) is 1.53. The van der Waals surface area contributed by atoms with Gasteiger partial charge in [0.2, 0.25) is 17.7 Å². The van der Waals surface area contributed by atoms with Gasteiger partial charge in [-0.3, -0.25) is 14.4 Å². The molecule has 0 radical (unpaired) electrons. The summed E-state index contributed by atoms with van der Waals surface area (Å²) in [6.07, 6.45) is 0. The van der Waals surface area contributed by atoms with Gasteiger partial charge in [0.05, 0.1) is 19.7 Å². The molecule has 0 fully saturated rings. The maximum absolute atomic E-state index is 11.4. The maximum Gasteiger partial charge on any atom is 0.249 e. The molecule has 0 aromatic carbocycles. The average Bonchev–Trinajstić information content (AvgIpc) is 2.15. The molecule has 0 unspecified atom stereocenters. The summed E-state index contributed by atoms with van der Waals surface area (Å²) < 4.78 is 4.87. The molecule has 0 saturated heterocycles. The fourth-order valence-corrected chi connectivity index (χ4v) is 0.943. The molecule has 0 saturated carbocycles. The van der Waals surface area contributed by atoms with Gasteiger partial charge >= 0.3 is 0 Å². The first-order chi connectivity index (χ1) is 7.47. The third-order valence-electron chi connectivity index (χ3n) is 1.53. The topological polar surface area (TPSA) is 142 Å². The molecule has 0 aliphatic carbocycles. The summed E-state index contributed by atoms with van der Waals surface area (Å²) in [7, 11) is 0. The number of ether oxygens (including phenoxy) is 1. The highest BCUT2D eigenvalue weighted by atomic mass is 16.5. The van der Waals surface area contributed by atoms with E-state index in [1.807, 2.05) is 0 Å². The quantitative estimate of drug-likeness (QED) is 0.377. The second kappa shape index (κ2) is 7.60. The second-order valence-electron chi connectivity index (χ2n) is 3.02. The van der Waals surface area contributed by atoms with Gasteiger partial charge in [-0.2, -0.15) is 0 Å². The summed E-state index contributed by atoms with van der Waals surface area (Å²) in [6.45, 7) is -0.509. The molecule has 0 rings (SSSR count). The Labute approximate surface area is 92.7 Å². The molecule has 8 heteroatoms. The molecule has 3 amide bonds. The Balaban J connectivity index is 4.20. The Kier molecular flexibility index (Phi) is 6.81. The third kappa shape index (κ3) is 6.74. The zero-order valence-electron chi connectivity index (χ0n) is 8.85. The van der Waals surface area contributed by atoms with Gasteiger partial charge in [0.15, 0.2) is 0 Å². The monoisotopic (exact) mass is 232 g/mol. The van der Waals surface area contributed by atoms with E-state index < -0.39 is 17.7 Å². The van der Waals surface area contributed by atoms with Crippen molar-refractivity contribution in [3.63, 3.8) is 0 Å². The molecule has 6 N–H and O–H groups in total. The molecule has 0 aliphatic heterocycles. The van der Waals surface area contributed by atoms with Gasteiger partial charge in [0, 0.05) is 6.54 Å². The van der Waals surface area contributed by atoms with Crippen molar-refractivity contribution in [2.75, 3.05) is 32.8 Å². The van der Waals surface area contributed by atoms with E-state index in [-0.39, 0.29) is 32.8 Å². The molecule has 0 spiro atoms. The Morgan fingerprint density at radius 2 is 1.56 bits per heavy atom. The number of hydrogen-bond donors (Lipinski definition) is 3. The fraction of sp³-hybridized carbons (Fsp3) is 0.625. The van der Waals surface area contributed by atoms with Gasteiger partial charge in [-0.15, -0.1) is 0 Å². The van der Waals surface area contributed by atoms with E-state index in [0.29, 0.717) is 0 Å². The molecular formula is C8H16N4O4. The zero-order chi connectivity index (χ0) is 12.6. The highest BCUT2D eigenvalue weighted by Crippen LogP contribution is 1.90. The molecule has 92 valence electrons. The highest BCUT2D eigenvalue weighted by molar-refractivity contribution is 5.88. The number of carbonyl (C=O) groups excluding carboxylic acids is 3. The smallest absolute Gasteiger partial charge is 0.249 e. The number of carbonyl (C=O) groups is 3. The summed E-state index contributed by atoms with van der Waals surface area (Å²) in [4.78, 5) is 33.6. The zero-order valence-corrected chi connectivity index (χ0v) is 8.85. The van der Waals surface area contributed by atoms with Crippen LogP contribution in [0.25, 0.3) is 0 Å². The maximum atomic E-state index is 11.4. The summed E-state index contributed by atoms with van der Waals surface area (Å²) in [5, 5.41) is 0. The van der Waals surface area contributed by atoms with Crippen molar-refractivity contribution >= 4 is 17.7 Å². The lowest BCUT2D eigenvalue weighted by Crippen LogP contribution is -2.44. The van der Waals surface area contributed by atoms with Crippen molar-refractivity contribution < 1.29 is 19.1 Å². The Morgan fingerprint density at radius 1 is 1.06 bits per heavy atom. The number of rotatable bonds is 8. The number of nitrogens with zero attached hydrogens (tertiary/aromatic N) is 1. The summed E-state index contributed by atoms with van der Waals surface area (Å²) >= 11 is 0. The molecule has 0 heterocycles. The van der Waals surface area contributed by atoms with E-state index >= 15 is 0 Å². The molecule has 0 bridgehead atoms. The van der Waals surface area contributed by atoms with E-state index in [0.717, 1.165) is 4.90 Å². The van der Waals surface area contributed by atoms with E-state index in [1.54, 1.807) is 0 Å². The first-order valence-corrected chi connectivity index (χ1v) is 4.59. The van der Waals surface area contributed by atoms with E-state index in [9.17, 15) is 14.4 Å². The molecule has 0 aromatic rings. The Hall–Kier alpha value is -1.67. The first kappa shape index (κ1) is 14.3. The average molecular weight is 232 g/mol. The lowest BCUT2D eigenvalue weighted by atomic mass is 10.4. The minimum absolute atomic E-state index is 0.215. The summed E-state index contributed by atoms with van der Waals surface area (Å²) in [5.41, 5.74) is 15.0. The van der Waals surface area contributed by atoms with Gasteiger partial charge in [-0.25, -0.2) is 0 Å². The van der Waals surface area contributed by atoms with Crippen LogP contribution in [0, 0.1) is 0 Å². The highest BCUT2D eigenvalue weighted by Gasteiger charge is 2.17. The number of nitrogens with two attached hydrogens (primary N) is 3. The second-order valence-corrected chi connectivity index (χ2v) is 3.02. The molecule has 0 aromatic heterocycles. The van der Waals surface area contributed by atoms with Crippen LogP contribution in [-0.2, 0) is 19.1 Å². The van der Waals surface area contributed by atoms with Gasteiger partial charge in [-0.05, 0) is 0 Å². The molecule has 8 nitrogen and oxygen atoms in total. The molecule has 16 heavy (non-hydrogen) atoms. The van der Waals surface area contributed by atoms with Gasteiger partial charge < -0.3 is 26.8 Å². The van der Waals surface area contributed by atoms with Gasteiger partial charge in [-0.1, -0.05) is 0 Å². The van der Waals surface area contributed by atoms with Crippen molar-refractivity contribution in [1.29, 1.82) is 0 Å². The predicted octanol–water partition coefficient (Wildman–Crippen LogP) is -3.24. The normalized spacial score (nSPS) is 9.81. The number of hydrogen-bond acceptors (Lipinski definition) is 5. The van der Waals surface area contributed by atoms with Crippen LogP contribution in [0.3, 0.4) is 0 Å². The van der Waals surface area contributed by atoms with Crippen LogP contribution in [0.1, 0.15) is 0 Å². The first-order valence-electron chi connectivity index (χ1n) is 4.59. The van der Waals surface area contributed by atoms with E-state index in [2.05, 4.69) is 0 Å². The van der Waals surface area contributed by atoms with Crippen molar-refractivity contribution in [2.24, 2.45) is 17.2 Å². The number of primary amides is 2. The van der Waals surface area contributed by atoms with Crippen molar-refractivity contribution in [3.8, 4) is 0 Å². The fourth-order valence-electron chi connectivity index (χ4n) is 0.943. The van der Waals surface area contributed by atoms with Crippen LogP contribution in [0.15, 0.2) is 0 Å². The largest absolute Gasteiger partial charge is 0.370 e. The SMILES string of the molecule is NCCOCC(=O)N(CC(N)=O)CC(N)=O. The van der Waals surface area contributed by atoms with Crippen molar-refractivity contribution in [3.05, 3.63) is 0 Å². The lowest BCUT2D eigenvalue weighted by molar-refractivity contribution is -0.141. The van der Waals surface area contributed by atoms with Crippen molar-refractivity contribution in [1.82, 2.24) is 4.90 Å². The molecule has 0 aliphatic rings. The summed E-state index contributed by atoms with van der Waals surface area (Å²) in [6, 6.07) is 0. The van der Waals surface area contributed by atoms with E-state index in [4.69, 9.17) is 21.9 Å². The van der Waals surface area contributed by atoms with Crippen LogP contribution >= 0.6 is 0 Å². The summed E-state index contributed by atoms with van der Waals surface area (Å²) in [5.74, 6) is -1.99. The minimum Gasteiger partial charge on any atom is -0.370 e. The van der Waals surface area contributed by atoms with E-state index in [1.165, 1.54) is 0 Å². The number of amides is 3.